The molecule has 2 aliphatic rings. The summed E-state index contributed by atoms with van der Waals surface area (Å²) in [6.45, 7) is 4.09. The van der Waals surface area contributed by atoms with Crippen molar-refractivity contribution in [3.05, 3.63) is 18.0 Å². The van der Waals surface area contributed by atoms with E-state index in [0.717, 1.165) is 38.1 Å². The van der Waals surface area contributed by atoms with Gasteiger partial charge in [0.2, 0.25) is 5.95 Å². The van der Waals surface area contributed by atoms with Crippen molar-refractivity contribution in [1.29, 1.82) is 0 Å². The summed E-state index contributed by atoms with van der Waals surface area (Å²) in [6.07, 6.45) is 9.47. The molecule has 1 atom stereocenters. The molecule has 0 spiro atoms. The van der Waals surface area contributed by atoms with Crippen LogP contribution in [0.15, 0.2) is 12.4 Å². The van der Waals surface area contributed by atoms with Crippen LogP contribution in [0.2, 0.25) is 0 Å². The summed E-state index contributed by atoms with van der Waals surface area (Å²) in [5.74, 6) is 1.62. The minimum Gasteiger partial charge on any atom is -0.377 e. The van der Waals surface area contributed by atoms with Gasteiger partial charge in [-0.15, -0.1) is 0 Å². The summed E-state index contributed by atoms with van der Waals surface area (Å²) in [5, 5.41) is 0. The molecule has 5 nitrogen and oxygen atoms in total. The highest BCUT2D eigenvalue weighted by molar-refractivity contribution is 5.26. The van der Waals surface area contributed by atoms with E-state index in [-0.39, 0.29) is 0 Å². The van der Waals surface area contributed by atoms with E-state index in [9.17, 15) is 0 Å². The molecule has 1 saturated heterocycles. The van der Waals surface area contributed by atoms with Crippen molar-refractivity contribution in [3.63, 3.8) is 0 Å². The van der Waals surface area contributed by atoms with Crippen LogP contribution in [0.1, 0.15) is 31.2 Å². The van der Waals surface area contributed by atoms with Crippen molar-refractivity contribution < 1.29 is 4.74 Å². The van der Waals surface area contributed by atoms with Gasteiger partial charge >= 0.3 is 0 Å². The summed E-state index contributed by atoms with van der Waals surface area (Å²) in [4.78, 5) is 13.2. The molecule has 0 amide bonds. The molecule has 2 fully saturated rings. The molecule has 1 aliphatic carbocycles. The van der Waals surface area contributed by atoms with Crippen molar-refractivity contribution in [2.75, 3.05) is 38.7 Å². The van der Waals surface area contributed by atoms with Crippen molar-refractivity contribution in [3.8, 4) is 0 Å². The van der Waals surface area contributed by atoms with Crippen LogP contribution >= 0.6 is 0 Å². The smallest absolute Gasteiger partial charge is 0.224 e. The predicted molar refractivity (Wildman–Crippen MR) is 83.3 cm³/mol. The number of piperidine rings is 1. The lowest BCUT2D eigenvalue weighted by Gasteiger charge is -2.32. The average Bonchev–Trinajstić information content (AvgIpc) is 3.30. The summed E-state index contributed by atoms with van der Waals surface area (Å²) < 4.78 is 6.05. The van der Waals surface area contributed by atoms with Gasteiger partial charge in [-0.25, -0.2) is 9.97 Å². The maximum absolute atomic E-state index is 6.05. The number of rotatable bonds is 6. The largest absolute Gasteiger partial charge is 0.377 e. The number of hydrogen-bond donors (Lipinski definition) is 0. The van der Waals surface area contributed by atoms with Gasteiger partial charge in [0.1, 0.15) is 0 Å². The zero-order valence-electron chi connectivity index (χ0n) is 13.2. The maximum atomic E-state index is 6.05. The Morgan fingerprint density at radius 3 is 2.67 bits per heavy atom. The summed E-state index contributed by atoms with van der Waals surface area (Å²) in [6, 6.07) is 0. The molecule has 116 valence electrons. The van der Waals surface area contributed by atoms with Crippen molar-refractivity contribution in [2.45, 2.75) is 38.3 Å². The third kappa shape index (κ3) is 4.38. The van der Waals surface area contributed by atoms with Crippen LogP contribution in [0.5, 0.6) is 0 Å². The Morgan fingerprint density at radius 2 is 2.00 bits per heavy atom. The van der Waals surface area contributed by atoms with E-state index in [2.05, 4.69) is 14.9 Å². The second-order valence-corrected chi connectivity index (χ2v) is 6.56. The first-order valence-corrected chi connectivity index (χ1v) is 8.03. The van der Waals surface area contributed by atoms with E-state index in [1.54, 1.807) is 0 Å². The SMILES string of the molecule is CN(C)c1ncc(CN2CCCC(OCC3CC3)C2)cn1. The summed E-state index contributed by atoms with van der Waals surface area (Å²) in [7, 11) is 3.92. The fourth-order valence-corrected chi connectivity index (χ4v) is 2.77. The summed E-state index contributed by atoms with van der Waals surface area (Å²) >= 11 is 0. The second-order valence-electron chi connectivity index (χ2n) is 6.56. The number of hydrogen-bond acceptors (Lipinski definition) is 5. The molecule has 2 heterocycles. The van der Waals surface area contributed by atoms with Crippen LogP contribution in [0, 0.1) is 5.92 Å². The molecule has 0 aromatic carbocycles. The predicted octanol–water partition coefficient (Wildman–Crippen LogP) is 1.93. The fourth-order valence-electron chi connectivity index (χ4n) is 2.77. The minimum absolute atomic E-state index is 0.418. The highest BCUT2D eigenvalue weighted by Crippen LogP contribution is 2.30. The average molecular weight is 290 g/mol. The third-order valence-corrected chi connectivity index (χ3v) is 4.22. The lowest BCUT2D eigenvalue weighted by atomic mass is 10.1. The minimum atomic E-state index is 0.418. The van der Waals surface area contributed by atoms with E-state index in [4.69, 9.17) is 4.74 Å². The van der Waals surface area contributed by atoms with Gasteiger partial charge < -0.3 is 9.64 Å². The highest BCUT2D eigenvalue weighted by atomic mass is 16.5. The van der Waals surface area contributed by atoms with Gasteiger partial charge in [0, 0.05) is 51.7 Å². The van der Waals surface area contributed by atoms with Crippen molar-refractivity contribution in [1.82, 2.24) is 14.9 Å². The maximum Gasteiger partial charge on any atom is 0.224 e. The number of likely N-dealkylation sites (tertiary alicyclic amines) is 1. The van der Waals surface area contributed by atoms with Gasteiger partial charge in [-0.05, 0) is 38.1 Å². The van der Waals surface area contributed by atoms with E-state index in [1.165, 1.54) is 31.2 Å². The zero-order chi connectivity index (χ0) is 14.7. The van der Waals surface area contributed by atoms with Gasteiger partial charge in [0.15, 0.2) is 0 Å². The first-order valence-electron chi connectivity index (χ1n) is 8.03. The first-order chi connectivity index (χ1) is 10.2. The van der Waals surface area contributed by atoms with Crippen LogP contribution in [-0.2, 0) is 11.3 Å². The molecule has 1 aromatic rings. The lowest BCUT2D eigenvalue weighted by molar-refractivity contribution is -0.00728. The van der Waals surface area contributed by atoms with Crippen LogP contribution in [0.3, 0.4) is 0 Å². The van der Waals surface area contributed by atoms with Crippen molar-refractivity contribution in [2.24, 2.45) is 5.92 Å². The zero-order valence-corrected chi connectivity index (χ0v) is 13.2. The lowest BCUT2D eigenvalue weighted by Crippen LogP contribution is -2.39. The molecule has 5 heteroatoms. The molecule has 1 saturated carbocycles. The van der Waals surface area contributed by atoms with E-state index in [1.807, 2.05) is 31.4 Å². The number of anilines is 1. The normalized spacial score (nSPS) is 23.2. The fraction of sp³-hybridized carbons (Fsp3) is 0.750. The Morgan fingerprint density at radius 1 is 1.24 bits per heavy atom. The quantitative estimate of drug-likeness (QED) is 0.801. The standard InChI is InChI=1S/C16H26N4O/c1-19(2)16-17-8-14(9-18-16)10-20-7-3-4-15(11-20)21-12-13-5-6-13/h8-9,13,15H,3-7,10-12H2,1-2H3. The molecule has 0 N–H and O–H groups in total. The molecule has 1 unspecified atom stereocenters. The van der Waals surface area contributed by atoms with Gasteiger partial charge in [-0.3, -0.25) is 4.90 Å². The second kappa shape index (κ2) is 6.71. The number of aromatic nitrogens is 2. The molecule has 1 aromatic heterocycles. The topological polar surface area (TPSA) is 41.5 Å². The summed E-state index contributed by atoms with van der Waals surface area (Å²) in [5.41, 5.74) is 1.18. The van der Waals surface area contributed by atoms with Crippen molar-refractivity contribution >= 4 is 5.95 Å². The van der Waals surface area contributed by atoms with Crippen LogP contribution in [0.4, 0.5) is 5.95 Å². The third-order valence-electron chi connectivity index (χ3n) is 4.22. The van der Waals surface area contributed by atoms with Gasteiger partial charge in [-0.2, -0.15) is 0 Å². The molecular weight excluding hydrogens is 264 g/mol. The Hall–Kier alpha value is -1.20. The number of ether oxygens (including phenoxy) is 1. The highest BCUT2D eigenvalue weighted by Gasteiger charge is 2.25. The molecule has 0 radical (unpaired) electrons. The van der Waals surface area contributed by atoms with Gasteiger partial charge in [0.25, 0.3) is 0 Å². The van der Waals surface area contributed by atoms with E-state index >= 15 is 0 Å². The molecular formula is C16H26N4O. The molecule has 0 bridgehead atoms. The number of nitrogens with zero attached hydrogens (tertiary/aromatic N) is 4. The van der Waals surface area contributed by atoms with Crippen LogP contribution < -0.4 is 4.90 Å². The first kappa shape index (κ1) is 14.7. The molecule has 1 aliphatic heterocycles. The van der Waals surface area contributed by atoms with E-state index in [0.29, 0.717) is 6.10 Å². The Bertz CT molecular complexity index is 444. The molecule has 3 rings (SSSR count). The Kier molecular flexibility index (Phi) is 4.70. The van der Waals surface area contributed by atoms with Gasteiger partial charge in [0.05, 0.1) is 6.10 Å². The van der Waals surface area contributed by atoms with Gasteiger partial charge in [-0.1, -0.05) is 0 Å². The van der Waals surface area contributed by atoms with Crippen LogP contribution in [0.25, 0.3) is 0 Å². The van der Waals surface area contributed by atoms with Crippen LogP contribution in [-0.4, -0.2) is 54.8 Å². The van der Waals surface area contributed by atoms with E-state index < -0.39 is 0 Å². The Balaban J connectivity index is 1.48. The monoisotopic (exact) mass is 290 g/mol. The Labute approximate surface area is 127 Å². The molecule has 21 heavy (non-hydrogen) atoms.